The number of hydrogen-bond donors (Lipinski definition) is 2. The lowest BCUT2D eigenvalue weighted by Crippen LogP contribution is -2.31. The number of primary amides is 1. The van der Waals surface area contributed by atoms with Crippen molar-refractivity contribution < 1.29 is 14.7 Å². The number of rotatable bonds is 8. The predicted molar refractivity (Wildman–Crippen MR) is 275 cm³/mol. The number of carboxylic acid groups (broad SMARTS) is 1. The molecule has 344 valence electrons. The standard InChI is InChI=1S/C29H25N5O.C29H24N4O2/c30-28(35)26-6-2-3-23-24(26)4-1-5-25(23)27-15-32-34-17-20(14-31-29(27)34)19-8-11-21(12-9-19)33-16-18-7-10-22(33)13-18;34-29(35)26-6-2-3-23-24(26)4-1-5-25(23)27-15-31-33-17-20(14-30-28(27)33)19-8-11-21(12-9-19)32-16-18-7-10-22(32)13-18/h1-6,8-9,11-12,14-15,17-18,22H,7,10,13,16H2,(H2,30,35);1-6,8-9,11-12,14-15,17-18,22H,7,10,13,16H2,(H,34,35)/t2*18-,22+/m00/s1. The van der Waals surface area contributed by atoms with E-state index in [1.165, 1.54) is 63.0 Å². The molecule has 12 nitrogen and oxygen atoms in total. The van der Waals surface area contributed by atoms with Crippen LogP contribution in [0.25, 0.3) is 77.3 Å². The van der Waals surface area contributed by atoms with Crippen LogP contribution in [0.3, 0.4) is 0 Å². The van der Waals surface area contributed by atoms with Crippen LogP contribution in [0.1, 0.15) is 59.2 Å². The molecule has 10 aromatic rings. The van der Waals surface area contributed by atoms with Crippen molar-refractivity contribution in [3.05, 3.63) is 170 Å². The molecule has 0 unspecified atom stereocenters. The molecular weight excluding hydrogens is 871 g/mol. The summed E-state index contributed by atoms with van der Waals surface area (Å²) in [6.45, 7) is 2.39. The number of nitrogens with zero attached hydrogens (tertiary/aromatic N) is 8. The number of amides is 1. The highest BCUT2D eigenvalue weighted by Crippen LogP contribution is 2.42. The number of fused-ring (bicyclic) bond motifs is 8. The number of carboxylic acids is 1. The molecule has 2 aliphatic heterocycles. The van der Waals surface area contributed by atoms with E-state index in [2.05, 4.69) is 68.5 Å². The average Bonchev–Trinajstić information content (AvgIpc) is 4.29. The third kappa shape index (κ3) is 7.12. The van der Waals surface area contributed by atoms with E-state index in [9.17, 15) is 14.7 Å². The first-order chi connectivity index (χ1) is 34.3. The molecule has 70 heavy (non-hydrogen) atoms. The number of anilines is 2. The number of hydrogen-bond acceptors (Lipinski definition) is 8. The van der Waals surface area contributed by atoms with Crippen LogP contribution in [0.15, 0.2) is 159 Å². The van der Waals surface area contributed by atoms with Gasteiger partial charge in [-0.2, -0.15) is 10.2 Å². The Morgan fingerprint density at radius 2 is 0.929 bits per heavy atom. The topological polar surface area (TPSA) is 147 Å². The van der Waals surface area contributed by atoms with E-state index in [1.54, 1.807) is 28.9 Å². The minimum atomic E-state index is -0.932. The molecule has 2 saturated carbocycles. The Balaban J connectivity index is 0.000000137. The molecule has 2 aliphatic carbocycles. The van der Waals surface area contributed by atoms with Crippen molar-refractivity contribution in [2.45, 2.75) is 50.6 Å². The van der Waals surface area contributed by atoms with Crippen molar-refractivity contribution >= 4 is 56.1 Å². The smallest absolute Gasteiger partial charge is 0.336 e. The molecule has 4 bridgehead atoms. The van der Waals surface area contributed by atoms with Crippen LogP contribution in [0.4, 0.5) is 11.4 Å². The Labute approximate surface area is 403 Å². The molecule has 6 heterocycles. The van der Waals surface area contributed by atoms with Crippen molar-refractivity contribution in [3.63, 3.8) is 0 Å². The number of aromatic carboxylic acids is 1. The van der Waals surface area contributed by atoms with E-state index >= 15 is 0 Å². The number of aromatic nitrogens is 6. The molecule has 0 spiro atoms. The first-order valence-corrected chi connectivity index (χ1v) is 24.3. The SMILES string of the molecule is NC(=O)c1cccc2c(-c3cnn4cc(-c5ccc(N6C[C@H]7CC[C@@H]6C7)cc5)cnc34)cccc12.O=C(O)c1cccc2c(-c3cnn4cc(-c5ccc(N6C[C@H]7CC[C@@H]6C7)cc5)cnc34)cccc12. The maximum absolute atomic E-state index is 11.9. The van der Waals surface area contributed by atoms with Gasteiger partial charge in [-0.05, 0) is 131 Å². The molecule has 3 N–H and O–H groups in total. The van der Waals surface area contributed by atoms with E-state index in [-0.39, 0.29) is 0 Å². The number of piperidine rings is 2. The fourth-order valence-electron chi connectivity index (χ4n) is 12.1. The summed E-state index contributed by atoms with van der Waals surface area (Å²) in [6, 6.07) is 41.7. The largest absolute Gasteiger partial charge is 0.478 e. The van der Waals surface area contributed by atoms with Gasteiger partial charge < -0.3 is 20.6 Å². The summed E-state index contributed by atoms with van der Waals surface area (Å²) in [5.74, 6) is 0.388. The zero-order chi connectivity index (χ0) is 47.0. The normalized spacial score (nSPS) is 19.1. The number of benzene rings is 6. The summed E-state index contributed by atoms with van der Waals surface area (Å²) < 4.78 is 3.63. The second kappa shape index (κ2) is 16.7. The highest BCUT2D eigenvalue weighted by Gasteiger charge is 2.38. The summed E-state index contributed by atoms with van der Waals surface area (Å²) in [5, 5.41) is 22.1. The van der Waals surface area contributed by atoms with E-state index in [1.807, 2.05) is 90.1 Å². The molecule has 4 atom stereocenters. The van der Waals surface area contributed by atoms with Crippen LogP contribution in [0.5, 0.6) is 0 Å². The van der Waals surface area contributed by atoms with Gasteiger partial charge in [-0.1, -0.05) is 84.9 Å². The van der Waals surface area contributed by atoms with Gasteiger partial charge >= 0.3 is 5.97 Å². The lowest BCUT2D eigenvalue weighted by atomic mass is 9.96. The fraction of sp³-hybridized carbons (Fsp3) is 0.207. The van der Waals surface area contributed by atoms with Gasteiger partial charge in [0.05, 0.1) is 18.0 Å². The van der Waals surface area contributed by atoms with Crippen molar-refractivity contribution in [3.8, 4) is 44.5 Å². The van der Waals surface area contributed by atoms with Gasteiger partial charge in [0, 0.05) is 89.2 Å². The van der Waals surface area contributed by atoms with Crippen LogP contribution in [0.2, 0.25) is 0 Å². The minimum Gasteiger partial charge on any atom is -0.478 e. The molecule has 0 radical (unpaired) electrons. The Morgan fingerprint density at radius 3 is 1.36 bits per heavy atom. The number of carbonyl (C=O) groups is 2. The maximum atomic E-state index is 11.9. The van der Waals surface area contributed by atoms with Gasteiger partial charge in [-0.15, -0.1) is 0 Å². The molecule has 4 aliphatic rings. The maximum Gasteiger partial charge on any atom is 0.336 e. The van der Waals surface area contributed by atoms with Crippen molar-refractivity contribution in [1.29, 1.82) is 0 Å². The Kier molecular flexibility index (Phi) is 9.96. The van der Waals surface area contributed by atoms with Gasteiger partial charge in [0.25, 0.3) is 0 Å². The first kappa shape index (κ1) is 41.8. The van der Waals surface area contributed by atoms with E-state index in [0.29, 0.717) is 22.6 Å². The molecule has 1 amide bonds. The van der Waals surface area contributed by atoms with E-state index < -0.39 is 11.9 Å². The van der Waals surface area contributed by atoms with Gasteiger partial charge in [0.2, 0.25) is 5.91 Å². The molecule has 2 saturated heterocycles. The first-order valence-electron chi connectivity index (χ1n) is 24.3. The van der Waals surface area contributed by atoms with Gasteiger partial charge in [0.15, 0.2) is 11.3 Å². The van der Waals surface area contributed by atoms with Crippen molar-refractivity contribution in [2.24, 2.45) is 17.6 Å². The van der Waals surface area contributed by atoms with Gasteiger partial charge in [-0.25, -0.2) is 23.8 Å². The summed E-state index contributed by atoms with van der Waals surface area (Å²) in [7, 11) is 0. The number of carbonyl (C=O) groups excluding carboxylic acids is 1. The Hall–Kier alpha value is -8.38. The average molecular weight is 920 g/mol. The lowest BCUT2D eigenvalue weighted by molar-refractivity contribution is 0.0698. The summed E-state index contributed by atoms with van der Waals surface area (Å²) >= 11 is 0. The van der Waals surface area contributed by atoms with Crippen molar-refractivity contribution in [1.82, 2.24) is 29.2 Å². The molecule has 4 fully saturated rings. The minimum absolute atomic E-state index is 0.293. The highest BCUT2D eigenvalue weighted by atomic mass is 16.4. The highest BCUT2D eigenvalue weighted by molar-refractivity contribution is 6.11. The predicted octanol–water partition coefficient (Wildman–Crippen LogP) is 11.2. The number of nitrogens with two attached hydrogens (primary N) is 1. The van der Waals surface area contributed by atoms with E-state index in [0.717, 1.165) is 89.8 Å². The van der Waals surface area contributed by atoms with Gasteiger partial charge in [0.1, 0.15) is 0 Å². The zero-order valence-electron chi connectivity index (χ0n) is 38.4. The second-order valence-corrected chi connectivity index (χ2v) is 19.5. The summed E-state index contributed by atoms with van der Waals surface area (Å²) in [5.41, 5.74) is 18.5. The van der Waals surface area contributed by atoms with E-state index in [4.69, 9.17) is 15.7 Å². The Bertz CT molecular complexity index is 3450. The zero-order valence-corrected chi connectivity index (χ0v) is 38.4. The van der Waals surface area contributed by atoms with Gasteiger partial charge in [-0.3, -0.25) is 4.79 Å². The van der Waals surface area contributed by atoms with Crippen LogP contribution in [0, 0.1) is 11.8 Å². The molecule has 12 heteroatoms. The quantitative estimate of drug-likeness (QED) is 0.152. The molecular formula is C58H49N9O3. The second-order valence-electron chi connectivity index (χ2n) is 19.5. The molecule has 14 rings (SSSR count). The van der Waals surface area contributed by atoms with Crippen molar-refractivity contribution in [2.75, 3.05) is 22.9 Å². The molecule has 4 aromatic heterocycles. The monoisotopic (exact) mass is 919 g/mol. The van der Waals surface area contributed by atoms with Crippen LogP contribution < -0.4 is 15.5 Å². The summed E-state index contributed by atoms with van der Waals surface area (Å²) in [4.78, 5) is 38.3. The Morgan fingerprint density at radius 1 is 0.486 bits per heavy atom. The molecule has 6 aromatic carbocycles. The lowest BCUT2D eigenvalue weighted by Gasteiger charge is -2.29. The van der Waals surface area contributed by atoms with Crippen LogP contribution in [-0.4, -0.2) is 71.4 Å². The third-order valence-electron chi connectivity index (χ3n) is 15.5. The third-order valence-corrected chi connectivity index (χ3v) is 15.5. The van der Waals surface area contributed by atoms with Crippen LogP contribution in [-0.2, 0) is 0 Å². The fourth-order valence-corrected chi connectivity index (χ4v) is 12.1. The van der Waals surface area contributed by atoms with Crippen LogP contribution >= 0.6 is 0 Å². The summed E-state index contributed by atoms with van der Waals surface area (Å²) in [6.07, 6.45) is 19.6.